The Morgan fingerprint density at radius 1 is 0.955 bits per heavy atom. The number of aryl methyl sites for hydroxylation is 1. The molecule has 0 amide bonds. The molecule has 2 aromatic rings. The van der Waals surface area contributed by atoms with E-state index in [1.54, 1.807) is 18.2 Å². The molecule has 0 spiro atoms. The second-order valence-electron chi connectivity index (χ2n) is 4.96. The van der Waals surface area contributed by atoms with Crippen LogP contribution in [-0.2, 0) is 19.2 Å². The number of alkyl halides is 3. The Balaban J connectivity index is 1.95. The average molecular weight is 310 g/mol. The summed E-state index contributed by atoms with van der Waals surface area (Å²) in [5, 5.41) is 8.77. The lowest BCUT2D eigenvalue weighted by molar-refractivity contribution is -0.137. The number of hydrogen-bond acceptors (Lipinski definition) is 2. The number of halogens is 3. The minimum atomic E-state index is -4.34. The Morgan fingerprint density at radius 2 is 1.68 bits per heavy atom. The van der Waals surface area contributed by atoms with Crippen molar-refractivity contribution in [2.24, 2.45) is 0 Å². The molecule has 0 bridgehead atoms. The van der Waals surface area contributed by atoms with Gasteiger partial charge in [0.25, 0.3) is 0 Å². The van der Waals surface area contributed by atoms with Gasteiger partial charge in [0, 0.05) is 6.61 Å². The zero-order chi connectivity index (χ0) is 16.0. The van der Waals surface area contributed by atoms with Gasteiger partial charge in [-0.3, -0.25) is 0 Å². The number of aliphatic hydroxyl groups is 1. The van der Waals surface area contributed by atoms with Gasteiger partial charge in [0.1, 0.15) is 12.4 Å². The minimum absolute atomic E-state index is 0.0832. The smallest absolute Gasteiger partial charge is 0.416 e. The summed E-state index contributed by atoms with van der Waals surface area (Å²) in [6.07, 6.45) is -2.86. The Labute approximate surface area is 127 Å². The fourth-order valence-electron chi connectivity index (χ4n) is 2.04. The molecule has 0 aliphatic heterocycles. The van der Waals surface area contributed by atoms with Crippen molar-refractivity contribution in [3.8, 4) is 5.75 Å². The molecule has 0 saturated heterocycles. The number of benzene rings is 2. The Bertz CT molecular complexity index is 592. The van der Waals surface area contributed by atoms with Crippen LogP contribution in [-0.4, -0.2) is 11.7 Å². The van der Waals surface area contributed by atoms with Crippen LogP contribution in [0.4, 0.5) is 13.2 Å². The van der Waals surface area contributed by atoms with E-state index in [1.807, 2.05) is 12.1 Å². The van der Waals surface area contributed by atoms with Crippen LogP contribution in [0.1, 0.15) is 23.1 Å². The molecule has 2 aromatic carbocycles. The Kier molecular flexibility index (Phi) is 5.44. The molecule has 2 rings (SSSR count). The summed E-state index contributed by atoms with van der Waals surface area (Å²) in [7, 11) is 0. The molecule has 0 heterocycles. The first kappa shape index (κ1) is 16.4. The maximum Gasteiger partial charge on any atom is 0.416 e. The number of rotatable bonds is 6. The third-order valence-electron chi connectivity index (χ3n) is 3.21. The van der Waals surface area contributed by atoms with Gasteiger partial charge >= 0.3 is 6.18 Å². The minimum Gasteiger partial charge on any atom is -0.489 e. The van der Waals surface area contributed by atoms with Crippen molar-refractivity contribution in [3.63, 3.8) is 0 Å². The Morgan fingerprint density at radius 3 is 2.32 bits per heavy atom. The lowest BCUT2D eigenvalue weighted by Gasteiger charge is -2.10. The highest BCUT2D eigenvalue weighted by molar-refractivity contribution is 5.29. The van der Waals surface area contributed by atoms with E-state index in [0.29, 0.717) is 17.7 Å². The van der Waals surface area contributed by atoms with E-state index < -0.39 is 11.7 Å². The van der Waals surface area contributed by atoms with Crippen LogP contribution in [0.3, 0.4) is 0 Å². The summed E-state index contributed by atoms with van der Waals surface area (Å²) in [5.41, 5.74) is 0.882. The van der Waals surface area contributed by atoms with Crippen LogP contribution < -0.4 is 4.74 Å². The van der Waals surface area contributed by atoms with Crippen LogP contribution in [0, 0.1) is 0 Å². The maximum atomic E-state index is 12.6. The highest BCUT2D eigenvalue weighted by atomic mass is 19.4. The van der Waals surface area contributed by atoms with Gasteiger partial charge in [-0.2, -0.15) is 13.2 Å². The van der Waals surface area contributed by atoms with Crippen molar-refractivity contribution in [1.29, 1.82) is 0 Å². The van der Waals surface area contributed by atoms with Crippen molar-refractivity contribution in [2.75, 3.05) is 6.61 Å². The molecule has 1 N–H and O–H groups in total. The fourth-order valence-corrected chi connectivity index (χ4v) is 2.04. The normalized spacial score (nSPS) is 11.5. The zero-order valence-electron chi connectivity index (χ0n) is 11.9. The van der Waals surface area contributed by atoms with Gasteiger partial charge in [-0.25, -0.2) is 0 Å². The van der Waals surface area contributed by atoms with E-state index in [-0.39, 0.29) is 13.2 Å². The second kappa shape index (κ2) is 7.31. The van der Waals surface area contributed by atoms with Crippen LogP contribution in [0.25, 0.3) is 0 Å². The maximum absolute atomic E-state index is 12.6. The number of hydrogen-bond donors (Lipinski definition) is 1. The monoisotopic (exact) mass is 310 g/mol. The largest absolute Gasteiger partial charge is 0.489 e. The van der Waals surface area contributed by atoms with E-state index in [4.69, 9.17) is 9.84 Å². The van der Waals surface area contributed by atoms with Crippen molar-refractivity contribution < 1.29 is 23.0 Å². The third kappa shape index (κ3) is 4.77. The Hall–Kier alpha value is -2.01. The van der Waals surface area contributed by atoms with Gasteiger partial charge in [-0.05, 0) is 48.2 Å². The lowest BCUT2D eigenvalue weighted by atomic mass is 10.1. The predicted molar refractivity (Wildman–Crippen MR) is 77.6 cm³/mol. The van der Waals surface area contributed by atoms with Crippen molar-refractivity contribution in [3.05, 3.63) is 65.2 Å². The summed E-state index contributed by atoms with van der Waals surface area (Å²) in [6, 6.07) is 12.4. The fraction of sp³-hybridized carbons (Fsp3) is 0.294. The molecule has 0 atom stereocenters. The van der Waals surface area contributed by atoms with E-state index in [2.05, 4.69) is 0 Å². The van der Waals surface area contributed by atoms with Crippen LogP contribution in [0.15, 0.2) is 48.5 Å². The molecule has 0 aliphatic carbocycles. The molecule has 0 unspecified atom stereocenters. The van der Waals surface area contributed by atoms with Crippen molar-refractivity contribution in [2.45, 2.75) is 25.6 Å². The van der Waals surface area contributed by atoms with Crippen LogP contribution >= 0.6 is 0 Å². The highest BCUT2D eigenvalue weighted by Gasteiger charge is 2.30. The molecule has 5 heteroatoms. The first-order valence-electron chi connectivity index (χ1n) is 6.98. The predicted octanol–water partition coefficient (Wildman–Crippen LogP) is 4.21. The molecular weight excluding hydrogens is 293 g/mol. The first-order chi connectivity index (χ1) is 10.5. The molecular formula is C17H17F3O2. The van der Waals surface area contributed by atoms with E-state index in [9.17, 15) is 13.2 Å². The zero-order valence-corrected chi connectivity index (χ0v) is 11.9. The van der Waals surface area contributed by atoms with Gasteiger partial charge in [-0.15, -0.1) is 0 Å². The third-order valence-corrected chi connectivity index (χ3v) is 3.21. The summed E-state index contributed by atoms with van der Waals surface area (Å²) in [5.74, 6) is 0.602. The molecule has 22 heavy (non-hydrogen) atoms. The standard InChI is InChI=1S/C17H17F3O2/c18-17(19,20)15-5-1-3-14(11-15)12-22-16-8-6-13(7-9-16)4-2-10-21/h1,3,5-9,11,21H,2,4,10,12H2. The van der Waals surface area contributed by atoms with Gasteiger partial charge in [-0.1, -0.05) is 24.3 Å². The summed E-state index contributed by atoms with van der Waals surface area (Å²) in [4.78, 5) is 0. The molecule has 118 valence electrons. The molecule has 2 nitrogen and oxygen atoms in total. The highest BCUT2D eigenvalue weighted by Crippen LogP contribution is 2.29. The molecule has 0 saturated carbocycles. The lowest BCUT2D eigenvalue weighted by Crippen LogP contribution is -2.06. The van der Waals surface area contributed by atoms with E-state index in [0.717, 1.165) is 24.1 Å². The van der Waals surface area contributed by atoms with Crippen molar-refractivity contribution in [1.82, 2.24) is 0 Å². The van der Waals surface area contributed by atoms with Gasteiger partial charge in [0.15, 0.2) is 0 Å². The average Bonchev–Trinajstić information content (AvgIpc) is 2.51. The summed E-state index contributed by atoms with van der Waals surface area (Å²) >= 11 is 0. The van der Waals surface area contributed by atoms with E-state index in [1.165, 1.54) is 6.07 Å². The van der Waals surface area contributed by atoms with Gasteiger partial charge in [0.05, 0.1) is 5.56 Å². The van der Waals surface area contributed by atoms with Crippen LogP contribution in [0.5, 0.6) is 5.75 Å². The summed E-state index contributed by atoms with van der Waals surface area (Å²) < 4.78 is 43.4. The quantitative estimate of drug-likeness (QED) is 0.866. The van der Waals surface area contributed by atoms with Crippen molar-refractivity contribution >= 4 is 0 Å². The molecule has 0 aromatic heterocycles. The molecule has 0 aliphatic rings. The number of aliphatic hydroxyl groups excluding tert-OH is 1. The number of ether oxygens (including phenoxy) is 1. The first-order valence-corrected chi connectivity index (χ1v) is 6.98. The van der Waals surface area contributed by atoms with Gasteiger partial charge < -0.3 is 9.84 Å². The van der Waals surface area contributed by atoms with E-state index >= 15 is 0 Å². The molecule has 0 radical (unpaired) electrons. The van der Waals surface area contributed by atoms with Gasteiger partial charge in [0.2, 0.25) is 0 Å². The summed E-state index contributed by atoms with van der Waals surface area (Å²) in [6.45, 7) is 0.230. The topological polar surface area (TPSA) is 29.5 Å². The second-order valence-corrected chi connectivity index (χ2v) is 4.96. The SMILES string of the molecule is OCCCc1ccc(OCc2cccc(C(F)(F)F)c2)cc1. The molecule has 0 fully saturated rings. The van der Waals surface area contributed by atoms with Crippen LogP contribution in [0.2, 0.25) is 0 Å².